The standard InChI is InChI=1S/C15H15BrFNO3/c1-15(2,3)12-11(14(19)20-4)21-13(18-12)9-7-8(17)5-6-10(9)16/h5-7H,1-4H3. The molecule has 1 heterocycles. The van der Waals surface area contributed by atoms with Gasteiger partial charge >= 0.3 is 5.97 Å². The van der Waals surface area contributed by atoms with Crippen LogP contribution in [0.4, 0.5) is 4.39 Å². The van der Waals surface area contributed by atoms with Crippen LogP contribution in [-0.4, -0.2) is 18.1 Å². The number of rotatable bonds is 2. The SMILES string of the molecule is COC(=O)c1oc(-c2cc(F)ccc2Br)nc1C(C)(C)C. The molecule has 0 saturated heterocycles. The minimum atomic E-state index is -0.605. The highest BCUT2D eigenvalue weighted by Crippen LogP contribution is 2.34. The number of benzene rings is 1. The first-order chi connectivity index (χ1) is 9.74. The zero-order valence-electron chi connectivity index (χ0n) is 12.2. The van der Waals surface area contributed by atoms with Crippen LogP contribution in [0.2, 0.25) is 0 Å². The average Bonchev–Trinajstić information content (AvgIpc) is 2.85. The molecule has 0 unspecified atom stereocenters. The number of carbonyl (C=O) groups excluding carboxylic acids is 1. The van der Waals surface area contributed by atoms with Crippen LogP contribution in [0.5, 0.6) is 0 Å². The molecular formula is C15H15BrFNO3. The van der Waals surface area contributed by atoms with Crippen LogP contribution in [0, 0.1) is 5.82 Å². The van der Waals surface area contributed by atoms with E-state index in [1.54, 1.807) is 6.07 Å². The first-order valence-electron chi connectivity index (χ1n) is 6.29. The highest BCUT2D eigenvalue weighted by Gasteiger charge is 2.30. The summed E-state index contributed by atoms with van der Waals surface area (Å²) >= 11 is 3.32. The lowest BCUT2D eigenvalue weighted by Gasteiger charge is -2.15. The summed E-state index contributed by atoms with van der Waals surface area (Å²) in [5.74, 6) is -0.808. The number of hydrogen-bond donors (Lipinski definition) is 0. The normalized spacial score (nSPS) is 11.5. The van der Waals surface area contributed by atoms with Gasteiger partial charge in [0.1, 0.15) is 11.5 Å². The Morgan fingerprint density at radius 1 is 1.38 bits per heavy atom. The molecule has 0 fully saturated rings. The largest absolute Gasteiger partial charge is 0.463 e. The second-order valence-electron chi connectivity index (χ2n) is 5.56. The van der Waals surface area contributed by atoms with Gasteiger partial charge in [-0.3, -0.25) is 0 Å². The van der Waals surface area contributed by atoms with E-state index in [0.29, 0.717) is 15.7 Å². The van der Waals surface area contributed by atoms with Crippen LogP contribution in [-0.2, 0) is 10.2 Å². The molecule has 2 aromatic rings. The predicted molar refractivity (Wildman–Crippen MR) is 79.6 cm³/mol. The van der Waals surface area contributed by atoms with Gasteiger partial charge in [-0.25, -0.2) is 14.2 Å². The summed E-state index contributed by atoms with van der Waals surface area (Å²) in [5, 5.41) is 0. The number of hydrogen-bond acceptors (Lipinski definition) is 4. The van der Waals surface area contributed by atoms with Gasteiger partial charge < -0.3 is 9.15 Å². The Balaban J connectivity index is 2.64. The number of esters is 1. The topological polar surface area (TPSA) is 52.3 Å². The number of methoxy groups -OCH3 is 1. The molecular weight excluding hydrogens is 341 g/mol. The molecule has 0 aliphatic rings. The Morgan fingerprint density at radius 3 is 2.62 bits per heavy atom. The molecule has 0 amide bonds. The smallest absolute Gasteiger partial charge is 0.376 e. The number of ether oxygens (including phenoxy) is 1. The highest BCUT2D eigenvalue weighted by molar-refractivity contribution is 9.10. The van der Waals surface area contributed by atoms with Crippen molar-refractivity contribution in [1.82, 2.24) is 4.98 Å². The van der Waals surface area contributed by atoms with Crippen LogP contribution >= 0.6 is 15.9 Å². The quantitative estimate of drug-likeness (QED) is 0.752. The number of carbonyl (C=O) groups is 1. The van der Waals surface area contributed by atoms with Crippen molar-refractivity contribution in [2.24, 2.45) is 0 Å². The van der Waals surface area contributed by atoms with Crippen LogP contribution in [0.3, 0.4) is 0 Å². The van der Waals surface area contributed by atoms with Gasteiger partial charge in [0.15, 0.2) is 0 Å². The molecule has 112 valence electrons. The third-order valence-corrected chi connectivity index (χ3v) is 3.56. The molecule has 21 heavy (non-hydrogen) atoms. The second-order valence-corrected chi connectivity index (χ2v) is 6.42. The number of oxazole rings is 1. The van der Waals surface area contributed by atoms with Crippen molar-refractivity contribution in [2.75, 3.05) is 7.11 Å². The summed E-state index contributed by atoms with van der Waals surface area (Å²) in [5.41, 5.74) is 0.501. The van der Waals surface area contributed by atoms with Gasteiger partial charge in [-0.1, -0.05) is 20.8 Å². The van der Waals surface area contributed by atoms with E-state index in [0.717, 1.165) is 0 Å². The van der Waals surface area contributed by atoms with Gasteiger partial charge in [-0.15, -0.1) is 0 Å². The molecule has 4 nitrogen and oxygen atoms in total. The Kier molecular flexibility index (Phi) is 4.18. The predicted octanol–water partition coefficient (Wildman–Crippen LogP) is 4.33. The van der Waals surface area contributed by atoms with Crippen molar-refractivity contribution in [3.05, 3.63) is 39.9 Å². The first kappa shape index (κ1) is 15.7. The fourth-order valence-corrected chi connectivity index (χ4v) is 2.25. The van der Waals surface area contributed by atoms with E-state index in [-0.39, 0.29) is 11.7 Å². The maximum Gasteiger partial charge on any atom is 0.376 e. The molecule has 0 atom stereocenters. The lowest BCUT2D eigenvalue weighted by molar-refractivity contribution is 0.0562. The molecule has 1 aromatic heterocycles. The zero-order valence-corrected chi connectivity index (χ0v) is 13.7. The van der Waals surface area contributed by atoms with E-state index in [2.05, 4.69) is 20.9 Å². The molecule has 0 N–H and O–H groups in total. The van der Waals surface area contributed by atoms with E-state index in [9.17, 15) is 9.18 Å². The van der Waals surface area contributed by atoms with Crippen LogP contribution in [0.25, 0.3) is 11.5 Å². The Morgan fingerprint density at radius 2 is 2.05 bits per heavy atom. The van der Waals surface area contributed by atoms with Crippen LogP contribution in [0.1, 0.15) is 37.0 Å². The molecule has 0 saturated carbocycles. The lowest BCUT2D eigenvalue weighted by atomic mass is 9.91. The third-order valence-electron chi connectivity index (χ3n) is 2.87. The lowest BCUT2D eigenvalue weighted by Crippen LogP contribution is -2.17. The molecule has 0 radical (unpaired) electrons. The van der Waals surface area contributed by atoms with E-state index < -0.39 is 17.2 Å². The van der Waals surface area contributed by atoms with Crippen LogP contribution < -0.4 is 0 Å². The molecule has 0 aliphatic carbocycles. The van der Waals surface area contributed by atoms with Crippen molar-refractivity contribution < 1.29 is 18.3 Å². The molecule has 0 spiro atoms. The van der Waals surface area contributed by atoms with Gasteiger partial charge in [-0.2, -0.15) is 0 Å². The number of halogens is 2. The minimum absolute atomic E-state index is 0.0381. The Bertz CT molecular complexity index is 689. The monoisotopic (exact) mass is 355 g/mol. The van der Waals surface area contributed by atoms with Gasteiger partial charge in [0.2, 0.25) is 11.7 Å². The zero-order chi connectivity index (χ0) is 15.8. The van der Waals surface area contributed by atoms with Crippen LogP contribution in [0.15, 0.2) is 27.1 Å². The van der Waals surface area contributed by atoms with Gasteiger partial charge in [0.25, 0.3) is 0 Å². The summed E-state index contributed by atoms with van der Waals surface area (Å²) in [6.45, 7) is 5.71. The van der Waals surface area contributed by atoms with Gasteiger partial charge in [-0.05, 0) is 34.1 Å². The average molecular weight is 356 g/mol. The highest BCUT2D eigenvalue weighted by atomic mass is 79.9. The Hall–Kier alpha value is -1.69. The number of aromatic nitrogens is 1. The van der Waals surface area contributed by atoms with Gasteiger partial charge in [0.05, 0.1) is 12.7 Å². The van der Waals surface area contributed by atoms with Crippen molar-refractivity contribution in [3.8, 4) is 11.5 Å². The second kappa shape index (κ2) is 5.60. The van der Waals surface area contributed by atoms with E-state index in [4.69, 9.17) is 9.15 Å². The summed E-state index contributed by atoms with van der Waals surface area (Å²) in [7, 11) is 1.27. The van der Waals surface area contributed by atoms with E-state index >= 15 is 0 Å². The summed E-state index contributed by atoms with van der Waals surface area (Å²) in [6, 6.07) is 4.18. The molecule has 1 aromatic carbocycles. The van der Waals surface area contributed by atoms with Crippen molar-refractivity contribution >= 4 is 21.9 Å². The molecule has 2 rings (SSSR count). The van der Waals surface area contributed by atoms with Gasteiger partial charge in [0, 0.05) is 9.89 Å². The molecule has 0 aliphatic heterocycles. The first-order valence-corrected chi connectivity index (χ1v) is 7.08. The number of nitrogens with zero attached hydrogens (tertiary/aromatic N) is 1. The summed E-state index contributed by atoms with van der Waals surface area (Å²) in [4.78, 5) is 16.2. The maximum absolute atomic E-state index is 13.4. The Labute approximate surface area is 130 Å². The maximum atomic E-state index is 13.4. The molecule has 0 bridgehead atoms. The fourth-order valence-electron chi connectivity index (χ4n) is 1.84. The summed E-state index contributed by atoms with van der Waals surface area (Å²) < 4.78 is 24.3. The van der Waals surface area contributed by atoms with E-state index in [1.807, 2.05) is 20.8 Å². The third kappa shape index (κ3) is 3.15. The van der Waals surface area contributed by atoms with Crippen molar-refractivity contribution in [1.29, 1.82) is 0 Å². The van der Waals surface area contributed by atoms with Crippen molar-refractivity contribution in [3.63, 3.8) is 0 Å². The van der Waals surface area contributed by atoms with E-state index in [1.165, 1.54) is 19.2 Å². The molecule has 6 heteroatoms. The fraction of sp³-hybridized carbons (Fsp3) is 0.333. The van der Waals surface area contributed by atoms with Crippen molar-refractivity contribution in [2.45, 2.75) is 26.2 Å². The minimum Gasteiger partial charge on any atom is -0.463 e. The summed E-state index contributed by atoms with van der Waals surface area (Å²) in [6.07, 6.45) is 0.